The number of amides is 1. The minimum absolute atomic E-state index is 0.0792. The van der Waals surface area contributed by atoms with E-state index < -0.39 is 10.8 Å². The lowest BCUT2D eigenvalue weighted by Crippen LogP contribution is -2.46. The Morgan fingerprint density at radius 1 is 1.23 bits per heavy atom. The number of hydrogen-bond acceptors (Lipinski definition) is 4. The summed E-state index contributed by atoms with van der Waals surface area (Å²) >= 11 is 0. The van der Waals surface area contributed by atoms with Crippen molar-refractivity contribution in [1.82, 2.24) is 10.6 Å². The lowest BCUT2D eigenvalue weighted by Gasteiger charge is -2.30. The topological polar surface area (TPSA) is 91.8 Å². The molecule has 31 heavy (non-hydrogen) atoms. The second-order valence-electron chi connectivity index (χ2n) is 8.19. The molecule has 7 nitrogen and oxygen atoms in total. The van der Waals surface area contributed by atoms with Crippen LogP contribution in [0.25, 0.3) is 0 Å². The maximum Gasteiger partial charge on any atom is 0.253 e. The molecule has 1 aliphatic carbocycles. The Labute approximate surface area is 188 Å². The Morgan fingerprint density at radius 2 is 2.10 bits per heavy atom. The molecule has 1 heterocycles. The minimum atomic E-state index is -0.739. The van der Waals surface area contributed by atoms with Crippen LogP contribution in [0.2, 0.25) is 0 Å². The highest BCUT2D eigenvalue weighted by molar-refractivity contribution is 7.85. The van der Waals surface area contributed by atoms with Crippen molar-refractivity contribution in [2.24, 2.45) is 4.99 Å². The average Bonchev–Trinajstić information content (AvgIpc) is 3.33. The summed E-state index contributed by atoms with van der Waals surface area (Å²) in [6.45, 7) is 5.99. The number of benzene rings is 1. The van der Waals surface area contributed by atoms with Crippen molar-refractivity contribution in [3.63, 3.8) is 0 Å². The van der Waals surface area contributed by atoms with E-state index in [0.717, 1.165) is 68.0 Å². The van der Waals surface area contributed by atoms with E-state index in [1.54, 1.807) is 0 Å². The summed E-state index contributed by atoms with van der Waals surface area (Å²) < 4.78 is 17.7. The van der Waals surface area contributed by atoms with Gasteiger partial charge in [-0.1, -0.05) is 25.5 Å². The molecule has 0 spiro atoms. The Balaban J connectivity index is 1.58. The number of carbonyl (C=O) groups excluding carboxylic acids is 1. The van der Waals surface area contributed by atoms with Crippen LogP contribution < -0.4 is 16.0 Å². The van der Waals surface area contributed by atoms with E-state index in [1.807, 2.05) is 38.1 Å². The maximum atomic E-state index is 12.3. The number of guanidine groups is 1. The molecular weight excluding hydrogens is 412 g/mol. The third kappa shape index (κ3) is 7.31. The molecule has 0 aromatic heterocycles. The first-order valence-electron chi connectivity index (χ1n) is 11.5. The summed E-state index contributed by atoms with van der Waals surface area (Å²) in [5.74, 6) is 1.43. The fourth-order valence-electron chi connectivity index (χ4n) is 4.19. The summed E-state index contributed by atoms with van der Waals surface area (Å²) in [6.07, 6.45) is 5.52. The number of nitrogens with one attached hydrogen (secondary N) is 3. The standard InChI is InChI=1S/C23H36N4O3S/c1-3-24-23(27-19-10-6-11-20(15-19)31(29)4-2)25-16-17-8-5-9-18(14-17)26-22(28)21-12-7-13-30-21/h5,8-9,14,19-21H,3-4,6-7,10-13,15-16H2,1-2H3,(H,26,28)(H2,24,25,27). The predicted molar refractivity (Wildman–Crippen MR) is 127 cm³/mol. The zero-order chi connectivity index (χ0) is 22.1. The quantitative estimate of drug-likeness (QED) is 0.420. The van der Waals surface area contributed by atoms with Gasteiger partial charge in [-0.3, -0.25) is 9.00 Å². The van der Waals surface area contributed by atoms with E-state index in [2.05, 4.69) is 16.0 Å². The molecule has 1 aliphatic heterocycles. The van der Waals surface area contributed by atoms with Crippen LogP contribution in [0, 0.1) is 0 Å². The molecule has 1 saturated carbocycles. The van der Waals surface area contributed by atoms with Crippen LogP contribution in [0.4, 0.5) is 5.69 Å². The number of aliphatic imine (C=N–C) groups is 1. The third-order valence-corrected chi connectivity index (χ3v) is 7.54. The molecule has 4 unspecified atom stereocenters. The first kappa shape index (κ1) is 23.7. The summed E-state index contributed by atoms with van der Waals surface area (Å²) in [5, 5.41) is 10.1. The molecule has 1 amide bonds. The highest BCUT2D eigenvalue weighted by Crippen LogP contribution is 2.23. The van der Waals surface area contributed by atoms with E-state index in [-0.39, 0.29) is 17.3 Å². The third-order valence-electron chi connectivity index (χ3n) is 5.80. The summed E-state index contributed by atoms with van der Waals surface area (Å²) in [4.78, 5) is 17.0. The van der Waals surface area contributed by atoms with Crippen molar-refractivity contribution in [1.29, 1.82) is 0 Å². The van der Waals surface area contributed by atoms with Gasteiger partial charge in [-0.15, -0.1) is 0 Å². The van der Waals surface area contributed by atoms with Gasteiger partial charge in [0.25, 0.3) is 5.91 Å². The summed E-state index contributed by atoms with van der Waals surface area (Å²) in [7, 11) is -0.739. The van der Waals surface area contributed by atoms with E-state index >= 15 is 0 Å². The van der Waals surface area contributed by atoms with Gasteiger partial charge in [0, 0.05) is 46.7 Å². The van der Waals surface area contributed by atoms with Crippen LogP contribution >= 0.6 is 0 Å². The summed E-state index contributed by atoms with van der Waals surface area (Å²) in [5.41, 5.74) is 1.79. The fourth-order valence-corrected chi connectivity index (χ4v) is 5.54. The van der Waals surface area contributed by atoms with Crippen molar-refractivity contribution in [3.05, 3.63) is 29.8 Å². The zero-order valence-electron chi connectivity index (χ0n) is 18.7. The van der Waals surface area contributed by atoms with Gasteiger partial charge in [-0.2, -0.15) is 0 Å². The molecule has 1 saturated heterocycles. The van der Waals surface area contributed by atoms with E-state index in [1.165, 1.54) is 0 Å². The molecule has 8 heteroatoms. The van der Waals surface area contributed by atoms with Gasteiger partial charge in [-0.05, 0) is 56.7 Å². The van der Waals surface area contributed by atoms with Crippen LogP contribution in [0.3, 0.4) is 0 Å². The van der Waals surface area contributed by atoms with Crippen LogP contribution in [-0.2, 0) is 26.9 Å². The second-order valence-corrected chi connectivity index (χ2v) is 10.2. The maximum absolute atomic E-state index is 12.3. The van der Waals surface area contributed by atoms with Crippen molar-refractivity contribution in [2.45, 2.75) is 76.3 Å². The van der Waals surface area contributed by atoms with Gasteiger partial charge in [0.2, 0.25) is 0 Å². The molecule has 3 rings (SSSR count). The molecule has 0 bridgehead atoms. The van der Waals surface area contributed by atoms with E-state index in [9.17, 15) is 9.00 Å². The Hall–Kier alpha value is -1.93. The largest absolute Gasteiger partial charge is 0.368 e. The number of anilines is 1. The molecular formula is C23H36N4O3S. The molecule has 3 N–H and O–H groups in total. The molecule has 1 aromatic carbocycles. The van der Waals surface area contributed by atoms with Crippen molar-refractivity contribution < 1.29 is 13.7 Å². The van der Waals surface area contributed by atoms with Crippen molar-refractivity contribution in [3.8, 4) is 0 Å². The van der Waals surface area contributed by atoms with Crippen LogP contribution in [0.5, 0.6) is 0 Å². The van der Waals surface area contributed by atoms with Gasteiger partial charge in [-0.25, -0.2) is 4.99 Å². The Bertz CT molecular complexity index is 780. The van der Waals surface area contributed by atoms with Gasteiger partial charge in [0.15, 0.2) is 5.96 Å². The van der Waals surface area contributed by atoms with E-state index in [0.29, 0.717) is 19.2 Å². The average molecular weight is 449 g/mol. The smallest absolute Gasteiger partial charge is 0.253 e. The number of nitrogens with zero attached hydrogens (tertiary/aromatic N) is 1. The number of rotatable bonds is 8. The summed E-state index contributed by atoms with van der Waals surface area (Å²) in [6, 6.07) is 8.09. The number of carbonyl (C=O) groups is 1. The predicted octanol–water partition coefficient (Wildman–Crippen LogP) is 2.94. The molecule has 2 fully saturated rings. The van der Waals surface area contributed by atoms with Crippen molar-refractivity contribution in [2.75, 3.05) is 24.2 Å². The number of hydrogen-bond donors (Lipinski definition) is 3. The fraction of sp³-hybridized carbons (Fsp3) is 0.652. The SMILES string of the molecule is CCNC(=NCc1cccc(NC(=O)C2CCCO2)c1)NC1CCCC(S(=O)CC)C1. The number of ether oxygens (including phenoxy) is 1. The highest BCUT2D eigenvalue weighted by Gasteiger charge is 2.26. The van der Waals surface area contributed by atoms with Crippen molar-refractivity contribution >= 4 is 28.4 Å². The first-order valence-corrected chi connectivity index (χ1v) is 12.9. The molecule has 2 aliphatic rings. The molecule has 4 atom stereocenters. The zero-order valence-corrected chi connectivity index (χ0v) is 19.5. The monoisotopic (exact) mass is 448 g/mol. The molecule has 1 aromatic rings. The lowest BCUT2D eigenvalue weighted by molar-refractivity contribution is -0.124. The molecule has 172 valence electrons. The van der Waals surface area contributed by atoms with Gasteiger partial charge in [0.05, 0.1) is 6.54 Å². The highest BCUT2D eigenvalue weighted by atomic mass is 32.2. The van der Waals surface area contributed by atoms with E-state index in [4.69, 9.17) is 9.73 Å². The van der Waals surface area contributed by atoms with Crippen LogP contribution in [-0.4, -0.2) is 52.4 Å². The first-order chi connectivity index (χ1) is 15.1. The van der Waals surface area contributed by atoms with Gasteiger partial charge >= 0.3 is 0 Å². The second kappa shape index (κ2) is 12.2. The van der Waals surface area contributed by atoms with Crippen LogP contribution in [0.15, 0.2) is 29.3 Å². The lowest BCUT2D eigenvalue weighted by atomic mass is 9.95. The normalized spacial score (nSPS) is 25.1. The molecule has 0 radical (unpaired) electrons. The van der Waals surface area contributed by atoms with Gasteiger partial charge < -0.3 is 20.7 Å². The van der Waals surface area contributed by atoms with Crippen LogP contribution in [0.1, 0.15) is 57.9 Å². The Morgan fingerprint density at radius 3 is 2.84 bits per heavy atom. The Kier molecular flexibility index (Phi) is 9.33. The minimum Gasteiger partial charge on any atom is -0.368 e. The van der Waals surface area contributed by atoms with Gasteiger partial charge in [0.1, 0.15) is 6.10 Å².